The molecule has 0 aliphatic carbocycles. The smallest absolute Gasteiger partial charge is 0.0616 e. The predicted octanol–water partition coefficient (Wildman–Crippen LogP) is -0.678. The highest BCUT2D eigenvalue weighted by molar-refractivity contribution is 4.83. The lowest BCUT2D eigenvalue weighted by atomic mass is 10.2. The second kappa shape index (κ2) is 3.15. The van der Waals surface area contributed by atoms with E-state index in [4.69, 9.17) is 10.5 Å². The summed E-state index contributed by atoms with van der Waals surface area (Å²) in [6.45, 7) is 1.72. The van der Waals surface area contributed by atoms with Crippen LogP contribution in [0.25, 0.3) is 0 Å². The molecule has 0 spiro atoms. The van der Waals surface area contributed by atoms with E-state index in [-0.39, 0.29) is 0 Å². The Kier molecular flexibility index (Phi) is 2.45. The second-order valence-corrected chi connectivity index (χ2v) is 2.56. The van der Waals surface area contributed by atoms with Gasteiger partial charge in [0, 0.05) is 25.7 Å². The lowest BCUT2D eigenvalue weighted by Gasteiger charge is -2.06. The molecule has 1 aliphatic heterocycles. The zero-order chi connectivity index (χ0) is 6.69. The van der Waals surface area contributed by atoms with Crippen LogP contribution in [0.1, 0.15) is 6.42 Å². The summed E-state index contributed by atoms with van der Waals surface area (Å²) in [6, 6.07) is 0.829. The molecule has 0 radical (unpaired) electrons. The average Bonchev–Trinajstić information content (AvgIpc) is 2.17. The first kappa shape index (κ1) is 6.99. The van der Waals surface area contributed by atoms with Crippen LogP contribution >= 0.6 is 0 Å². The Morgan fingerprint density at radius 3 is 3.00 bits per heavy atom. The van der Waals surface area contributed by atoms with Gasteiger partial charge in [-0.15, -0.1) is 0 Å². The number of rotatable bonds is 2. The van der Waals surface area contributed by atoms with E-state index < -0.39 is 0 Å². The van der Waals surface area contributed by atoms with Crippen LogP contribution < -0.4 is 11.1 Å². The fourth-order valence-corrected chi connectivity index (χ4v) is 1.18. The van der Waals surface area contributed by atoms with E-state index in [1.54, 1.807) is 7.11 Å². The normalized spacial score (nSPS) is 35.3. The molecule has 0 amide bonds. The van der Waals surface area contributed by atoms with Crippen LogP contribution in [0.2, 0.25) is 0 Å². The molecule has 3 nitrogen and oxygen atoms in total. The summed E-state index contributed by atoms with van der Waals surface area (Å²) >= 11 is 0. The first-order valence-electron chi connectivity index (χ1n) is 3.31. The zero-order valence-corrected chi connectivity index (χ0v) is 5.76. The van der Waals surface area contributed by atoms with Gasteiger partial charge < -0.3 is 15.8 Å². The fourth-order valence-electron chi connectivity index (χ4n) is 1.18. The fraction of sp³-hybridized carbons (Fsp3) is 1.00. The van der Waals surface area contributed by atoms with E-state index in [0.29, 0.717) is 12.1 Å². The van der Waals surface area contributed by atoms with Crippen molar-refractivity contribution in [1.82, 2.24) is 5.32 Å². The van der Waals surface area contributed by atoms with Gasteiger partial charge in [0.2, 0.25) is 0 Å². The molecule has 0 saturated carbocycles. The number of hydrogen-bond donors (Lipinski definition) is 2. The predicted molar refractivity (Wildman–Crippen MR) is 36.3 cm³/mol. The number of ether oxygens (including phenoxy) is 1. The minimum atomic E-state index is 0.338. The van der Waals surface area contributed by atoms with Crippen LogP contribution in [0, 0.1) is 0 Å². The van der Waals surface area contributed by atoms with Crippen molar-refractivity contribution >= 4 is 0 Å². The van der Waals surface area contributed by atoms with Crippen LogP contribution in [0.5, 0.6) is 0 Å². The van der Waals surface area contributed by atoms with Crippen LogP contribution in [-0.4, -0.2) is 32.3 Å². The maximum atomic E-state index is 5.64. The van der Waals surface area contributed by atoms with Crippen molar-refractivity contribution in [2.24, 2.45) is 5.73 Å². The van der Waals surface area contributed by atoms with E-state index in [1.807, 2.05) is 0 Å². The molecule has 0 unspecified atom stereocenters. The van der Waals surface area contributed by atoms with Gasteiger partial charge >= 0.3 is 0 Å². The van der Waals surface area contributed by atoms with Crippen LogP contribution in [-0.2, 0) is 4.74 Å². The first-order valence-corrected chi connectivity index (χ1v) is 3.31. The van der Waals surface area contributed by atoms with E-state index in [1.165, 1.54) is 0 Å². The lowest BCUT2D eigenvalue weighted by Crippen LogP contribution is -2.26. The lowest BCUT2D eigenvalue weighted by molar-refractivity contribution is 0.173. The summed E-state index contributed by atoms with van der Waals surface area (Å²) in [5, 5.41) is 3.26. The highest BCUT2D eigenvalue weighted by Crippen LogP contribution is 2.03. The van der Waals surface area contributed by atoms with Crippen molar-refractivity contribution in [3.63, 3.8) is 0 Å². The van der Waals surface area contributed by atoms with Crippen molar-refractivity contribution in [3.8, 4) is 0 Å². The third-order valence-electron chi connectivity index (χ3n) is 1.62. The quantitative estimate of drug-likeness (QED) is 0.521. The molecule has 1 heterocycles. The zero-order valence-electron chi connectivity index (χ0n) is 5.76. The Morgan fingerprint density at radius 1 is 1.78 bits per heavy atom. The van der Waals surface area contributed by atoms with Gasteiger partial charge in [-0.1, -0.05) is 0 Å². The van der Waals surface area contributed by atoms with Gasteiger partial charge in [0.15, 0.2) is 0 Å². The van der Waals surface area contributed by atoms with Crippen molar-refractivity contribution in [3.05, 3.63) is 0 Å². The van der Waals surface area contributed by atoms with E-state index >= 15 is 0 Å². The maximum absolute atomic E-state index is 5.64. The van der Waals surface area contributed by atoms with Crippen molar-refractivity contribution < 1.29 is 4.74 Å². The summed E-state index contributed by atoms with van der Waals surface area (Å²) in [5.41, 5.74) is 5.64. The number of methoxy groups -OCH3 is 1. The van der Waals surface area contributed by atoms with Gasteiger partial charge in [-0.3, -0.25) is 0 Å². The Labute approximate surface area is 55.6 Å². The van der Waals surface area contributed by atoms with Crippen molar-refractivity contribution in [1.29, 1.82) is 0 Å². The maximum Gasteiger partial charge on any atom is 0.0616 e. The minimum Gasteiger partial charge on any atom is -0.383 e. The van der Waals surface area contributed by atoms with Gasteiger partial charge in [-0.05, 0) is 6.42 Å². The molecular formula is C6H14N2O. The molecule has 1 fully saturated rings. The molecule has 0 aromatic rings. The summed E-state index contributed by atoms with van der Waals surface area (Å²) in [4.78, 5) is 0. The van der Waals surface area contributed by atoms with E-state index in [0.717, 1.165) is 19.6 Å². The Balaban J connectivity index is 2.14. The molecule has 0 bridgehead atoms. The van der Waals surface area contributed by atoms with Crippen molar-refractivity contribution in [2.45, 2.75) is 18.5 Å². The molecule has 1 saturated heterocycles. The molecular weight excluding hydrogens is 116 g/mol. The molecule has 0 aromatic carbocycles. The van der Waals surface area contributed by atoms with Crippen LogP contribution in [0.15, 0.2) is 0 Å². The molecule has 54 valence electrons. The molecule has 1 aliphatic rings. The van der Waals surface area contributed by atoms with Crippen LogP contribution in [0.3, 0.4) is 0 Å². The summed E-state index contributed by atoms with van der Waals surface area (Å²) in [7, 11) is 1.71. The molecule has 0 aromatic heterocycles. The third kappa shape index (κ3) is 1.93. The molecule has 3 heteroatoms. The SMILES string of the molecule is COC[C@H]1C[C@@H](N)CN1. The number of nitrogens with two attached hydrogens (primary N) is 1. The first-order chi connectivity index (χ1) is 4.33. The van der Waals surface area contributed by atoms with Gasteiger partial charge in [-0.2, -0.15) is 0 Å². The number of nitrogens with one attached hydrogen (secondary N) is 1. The average molecular weight is 130 g/mol. The largest absolute Gasteiger partial charge is 0.383 e. The molecule has 2 atom stereocenters. The third-order valence-corrected chi connectivity index (χ3v) is 1.62. The monoisotopic (exact) mass is 130 g/mol. The highest BCUT2D eigenvalue weighted by Gasteiger charge is 2.19. The van der Waals surface area contributed by atoms with Crippen molar-refractivity contribution in [2.75, 3.05) is 20.3 Å². The Hall–Kier alpha value is -0.120. The topological polar surface area (TPSA) is 47.3 Å². The van der Waals surface area contributed by atoms with Gasteiger partial charge in [0.1, 0.15) is 0 Å². The Bertz CT molecular complexity index is 85.1. The van der Waals surface area contributed by atoms with Gasteiger partial charge in [0.05, 0.1) is 6.61 Å². The second-order valence-electron chi connectivity index (χ2n) is 2.56. The number of hydrogen-bond acceptors (Lipinski definition) is 3. The van der Waals surface area contributed by atoms with Gasteiger partial charge in [-0.25, -0.2) is 0 Å². The molecule has 3 N–H and O–H groups in total. The van der Waals surface area contributed by atoms with Gasteiger partial charge in [0.25, 0.3) is 0 Å². The molecule has 9 heavy (non-hydrogen) atoms. The highest BCUT2D eigenvalue weighted by atomic mass is 16.5. The minimum absolute atomic E-state index is 0.338. The summed E-state index contributed by atoms with van der Waals surface area (Å²) in [6.07, 6.45) is 1.05. The van der Waals surface area contributed by atoms with E-state index in [9.17, 15) is 0 Å². The summed E-state index contributed by atoms with van der Waals surface area (Å²) in [5.74, 6) is 0. The summed E-state index contributed by atoms with van der Waals surface area (Å²) < 4.78 is 4.96. The van der Waals surface area contributed by atoms with E-state index in [2.05, 4.69) is 5.32 Å². The standard InChI is InChI=1S/C6H14N2O/c1-9-4-6-2-5(7)3-8-6/h5-6,8H,2-4,7H2,1H3/t5-,6-/m1/s1. The van der Waals surface area contributed by atoms with Crippen LogP contribution in [0.4, 0.5) is 0 Å². The molecule has 1 rings (SSSR count). The Morgan fingerprint density at radius 2 is 2.56 bits per heavy atom.